The highest BCUT2D eigenvalue weighted by molar-refractivity contribution is 6.30. The summed E-state index contributed by atoms with van der Waals surface area (Å²) in [6.07, 6.45) is 2.64. The first-order valence-electron chi connectivity index (χ1n) is 4.50. The average Bonchev–Trinajstić information content (AvgIpc) is 2.72. The molecule has 12 heavy (non-hydrogen) atoms. The number of halogens is 1. The van der Waals surface area contributed by atoms with Crippen LogP contribution in [0.15, 0.2) is 24.3 Å². The molecule has 0 saturated heterocycles. The van der Waals surface area contributed by atoms with Crippen molar-refractivity contribution >= 4 is 11.6 Å². The maximum atomic E-state index is 5.79. The summed E-state index contributed by atoms with van der Waals surface area (Å²) in [5, 5.41) is 0.836. The van der Waals surface area contributed by atoms with E-state index in [9.17, 15) is 0 Å². The summed E-state index contributed by atoms with van der Waals surface area (Å²) in [5.41, 5.74) is 1.42. The van der Waals surface area contributed by atoms with E-state index in [1.807, 2.05) is 12.1 Å². The van der Waals surface area contributed by atoms with Crippen molar-refractivity contribution < 1.29 is 0 Å². The van der Waals surface area contributed by atoms with Gasteiger partial charge in [-0.2, -0.15) is 0 Å². The molecule has 0 radical (unpaired) electrons. The monoisotopic (exact) mass is 180 g/mol. The average molecular weight is 181 g/mol. The van der Waals surface area contributed by atoms with Crippen LogP contribution in [0.2, 0.25) is 5.02 Å². The van der Waals surface area contributed by atoms with Crippen molar-refractivity contribution in [3.63, 3.8) is 0 Å². The summed E-state index contributed by atoms with van der Waals surface area (Å²) in [4.78, 5) is 0. The SMILES string of the molecule is C[C@H]1C[C@@H]1Cc1ccc(Cl)cc1. The molecule has 2 rings (SSSR count). The first-order valence-corrected chi connectivity index (χ1v) is 4.88. The Morgan fingerprint density at radius 2 is 1.92 bits per heavy atom. The van der Waals surface area contributed by atoms with E-state index >= 15 is 0 Å². The lowest BCUT2D eigenvalue weighted by Crippen LogP contribution is -1.87. The van der Waals surface area contributed by atoms with Crippen LogP contribution in [-0.2, 0) is 6.42 Å². The molecular weight excluding hydrogens is 168 g/mol. The van der Waals surface area contributed by atoms with Gasteiger partial charge >= 0.3 is 0 Å². The van der Waals surface area contributed by atoms with E-state index in [1.165, 1.54) is 18.4 Å². The largest absolute Gasteiger partial charge is 0.0843 e. The molecule has 1 heteroatoms. The Kier molecular flexibility index (Phi) is 2.10. The van der Waals surface area contributed by atoms with Gasteiger partial charge in [0.05, 0.1) is 0 Å². The second kappa shape index (κ2) is 3.10. The van der Waals surface area contributed by atoms with E-state index in [2.05, 4.69) is 19.1 Å². The summed E-state index contributed by atoms with van der Waals surface area (Å²) < 4.78 is 0. The minimum atomic E-state index is 0.836. The van der Waals surface area contributed by atoms with Gasteiger partial charge in [-0.3, -0.25) is 0 Å². The highest BCUT2D eigenvalue weighted by atomic mass is 35.5. The number of benzene rings is 1. The molecule has 1 aromatic carbocycles. The number of rotatable bonds is 2. The van der Waals surface area contributed by atoms with E-state index in [-0.39, 0.29) is 0 Å². The third kappa shape index (κ3) is 1.81. The fourth-order valence-corrected chi connectivity index (χ4v) is 1.73. The van der Waals surface area contributed by atoms with Crippen LogP contribution in [0.1, 0.15) is 18.9 Å². The fraction of sp³-hybridized carbons (Fsp3) is 0.455. The van der Waals surface area contributed by atoms with E-state index in [4.69, 9.17) is 11.6 Å². The fourth-order valence-electron chi connectivity index (χ4n) is 1.61. The van der Waals surface area contributed by atoms with Crippen LogP contribution in [0.25, 0.3) is 0 Å². The van der Waals surface area contributed by atoms with Gasteiger partial charge in [0.15, 0.2) is 0 Å². The molecule has 1 saturated carbocycles. The molecule has 1 aliphatic rings. The Labute approximate surface area is 78.6 Å². The minimum absolute atomic E-state index is 0.836. The maximum absolute atomic E-state index is 5.79. The molecule has 0 aliphatic heterocycles. The molecule has 2 atom stereocenters. The van der Waals surface area contributed by atoms with Crippen molar-refractivity contribution in [2.24, 2.45) is 11.8 Å². The highest BCUT2D eigenvalue weighted by Crippen LogP contribution is 2.40. The van der Waals surface area contributed by atoms with Crippen LogP contribution in [0.4, 0.5) is 0 Å². The Bertz CT molecular complexity index is 263. The molecule has 0 aromatic heterocycles. The van der Waals surface area contributed by atoms with Crippen molar-refractivity contribution in [3.8, 4) is 0 Å². The van der Waals surface area contributed by atoms with E-state index in [0.717, 1.165) is 16.9 Å². The summed E-state index contributed by atoms with van der Waals surface area (Å²) in [7, 11) is 0. The van der Waals surface area contributed by atoms with Gasteiger partial charge in [-0.05, 0) is 42.4 Å². The van der Waals surface area contributed by atoms with E-state index < -0.39 is 0 Å². The van der Waals surface area contributed by atoms with Gasteiger partial charge in [-0.1, -0.05) is 30.7 Å². The second-order valence-electron chi connectivity index (χ2n) is 3.80. The van der Waals surface area contributed by atoms with Crippen LogP contribution in [0.5, 0.6) is 0 Å². The third-order valence-electron chi connectivity index (χ3n) is 2.69. The normalized spacial score (nSPS) is 27.2. The van der Waals surface area contributed by atoms with E-state index in [1.54, 1.807) is 0 Å². The summed E-state index contributed by atoms with van der Waals surface area (Å²) in [6.45, 7) is 2.32. The Morgan fingerprint density at radius 3 is 2.42 bits per heavy atom. The molecular formula is C11H13Cl. The molecule has 0 spiro atoms. The van der Waals surface area contributed by atoms with Crippen molar-refractivity contribution in [2.45, 2.75) is 19.8 Å². The zero-order valence-electron chi connectivity index (χ0n) is 7.26. The Balaban J connectivity index is 2.00. The molecule has 0 unspecified atom stereocenters. The van der Waals surface area contributed by atoms with Crippen molar-refractivity contribution in [1.29, 1.82) is 0 Å². The lowest BCUT2D eigenvalue weighted by molar-refractivity contribution is 0.747. The summed E-state index contributed by atoms with van der Waals surface area (Å²) in [6, 6.07) is 8.22. The minimum Gasteiger partial charge on any atom is -0.0843 e. The zero-order valence-corrected chi connectivity index (χ0v) is 8.01. The van der Waals surface area contributed by atoms with Gasteiger partial charge in [-0.15, -0.1) is 0 Å². The van der Waals surface area contributed by atoms with Gasteiger partial charge in [0.2, 0.25) is 0 Å². The quantitative estimate of drug-likeness (QED) is 0.653. The molecule has 0 amide bonds. The number of hydrogen-bond donors (Lipinski definition) is 0. The van der Waals surface area contributed by atoms with Crippen molar-refractivity contribution in [1.82, 2.24) is 0 Å². The molecule has 1 fully saturated rings. The predicted molar refractivity (Wildman–Crippen MR) is 52.4 cm³/mol. The van der Waals surface area contributed by atoms with Gasteiger partial charge in [0, 0.05) is 5.02 Å². The molecule has 0 heterocycles. The molecule has 1 aromatic rings. The first-order chi connectivity index (χ1) is 5.75. The standard InChI is InChI=1S/C11H13Cl/c1-8-6-10(8)7-9-2-4-11(12)5-3-9/h2-5,8,10H,6-7H2,1H3/t8-,10+/m0/s1. The van der Waals surface area contributed by atoms with Crippen LogP contribution < -0.4 is 0 Å². The van der Waals surface area contributed by atoms with Crippen molar-refractivity contribution in [2.75, 3.05) is 0 Å². The van der Waals surface area contributed by atoms with Gasteiger partial charge in [0.1, 0.15) is 0 Å². The first kappa shape index (κ1) is 8.12. The van der Waals surface area contributed by atoms with Crippen LogP contribution in [0, 0.1) is 11.8 Å². The second-order valence-corrected chi connectivity index (χ2v) is 4.24. The maximum Gasteiger partial charge on any atom is 0.0406 e. The lowest BCUT2D eigenvalue weighted by atomic mass is 10.1. The summed E-state index contributed by atoms with van der Waals surface area (Å²) >= 11 is 5.79. The smallest absolute Gasteiger partial charge is 0.0406 e. The molecule has 1 aliphatic carbocycles. The molecule has 0 N–H and O–H groups in total. The highest BCUT2D eigenvalue weighted by Gasteiger charge is 2.31. The molecule has 0 bridgehead atoms. The predicted octanol–water partition coefficient (Wildman–Crippen LogP) is 3.54. The Hall–Kier alpha value is -0.490. The van der Waals surface area contributed by atoms with Crippen LogP contribution in [0.3, 0.4) is 0 Å². The van der Waals surface area contributed by atoms with Gasteiger partial charge in [-0.25, -0.2) is 0 Å². The molecule has 0 nitrogen and oxygen atoms in total. The van der Waals surface area contributed by atoms with Crippen LogP contribution in [-0.4, -0.2) is 0 Å². The lowest BCUT2D eigenvalue weighted by Gasteiger charge is -1.98. The zero-order chi connectivity index (χ0) is 8.55. The van der Waals surface area contributed by atoms with Crippen molar-refractivity contribution in [3.05, 3.63) is 34.9 Å². The van der Waals surface area contributed by atoms with E-state index in [0.29, 0.717) is 0 Å². The summed E-state index contributed by atoms with van der Waals surface area (Å²) in [5.74, 6) is 1.88. The van der Waals surface area contributed by atoms with Gasteiger partial charge < -0.3 is 0 Å². The van der Waals surface area contributed by atoms with Crippen LogP contribution >= 0.6 is 11.6 Å². The Morgan fingerprint density at radius 1 is 1.33 bits per heavy atom. The van der Waals surface area contributed by atoms with Gasteiger partial charge in [0.25, 0.3) is 0 Å². The third-order valence-corrected chi connectivity index (χ3v) is 2.94. The topological polar surface area (TPSA) is 0 Å². The number of hydrogen-bond acceptors (Lipinski definition) is 0. The molecule has 64 valence electrons.